The van der Waals surface area contributed by atoms with Gasteiger partial charge in [-0.1, -0.05) is 6.07 Å². The van der Waals surface area contributed by atoms with Gasteiger partial charge in [-0.25, -0.2) is 4.39 Å². The normalized spacial score (nSPS) is 14.8. The van der Waals surface area contributed by atoms with Crippen LogP contribution in [0.3, 0.4) is 0 Å². The number of likely N-dealkylation sites (N-methyl/N-ethyl adjacent to an activating group) is 1. The van der Waals surface area contributed by atoms with Gasteiger partial charge >= 0.3 is 0 Å². The van der Waals surface area contributed by atoms with Crippen molar-refractivity contribution in [3.63, 3.8) is 0 Å². The molecule has 0 aromatic heterocycles. The molecule has 3 nitrogen and oxygen atoms in total. The molecule has 1 aromatic rings. The first-order valence-electron chi connectivity index (χ1n) is 5.35. The number of amidine groups is 1. The van der Waals surface area contributed by atoms with Crippen LogP contribution in [0.1, 0.15) is 11.1 Å². The van der Waals surface area contributed by atoms with Crippen LogP contribution in [0.2, 0.25) is 0 Å². The summed E-state index contributed by atoms with van der Waals surface area (Å²) in [6.45, 7) is 2.43. The van der Waals surface area contributed by atoms with Gasteiger partial charge in [0.05, 0.1) is 0 Å². The largest absolute Gasteiger partial charge is 0.351 e. The highest BCUT2D eigenvalue weighted by Gasteiger charge is 2.23. The molecule has 16 heavy (non-hydrogen) atoms. The maximum absolute atomic E-state index is 13.1. The van der Waals surface area contributed by atoms with Gasteiger partial charge in [0.15, 0.2) is 0 Å². The van der Waals surface area contributed by atoms with E-state index in [2.05, 4.69) is 4.90 Å². The lowest BCUT2D eigenvalue weighted by molar-refractivity contribution is 0.331. The van der Waals surface area contributed by atoms with Crippen molar-refractivity contribution in [2.45, 2.75) is 6.54 Å². The summed E-state index contributed by atoms with van der Waals surface area (Å²) >= 11 is 0. The van der Waals surface area contributed by atoms with E-state index in [0.717, 1.165) is 30.8 Å². The molecule has 86 valence electrons. The highest BCUT2D eigenvalue weighted by Crippen LogP contribution is 2.22. The highest BCUT2D eigenvalue weighted by atomic mass is 19.1. The van der Waals surface area contributed by atoms with E-state index in [9.17, 15) is 4.39 Å². The Labute approximate surface area is 95.0 Å². The fourth-order valence-corrected chi connectivity index (χ4v) is 1.87. The molecule has 4 heteroatoms. The number of fused-ring (bicyclic) bond motifs is 1. The maximum atomic E-state index is 13.1. The molecule has 0 fully saturated rings. The van der Waals surface area contributed by atoms with Crippen LogP contribution in [0.4, 0.5) is 4.39 Å². The summed E-state index contributed by atoms with van der Waals surface area (Å²) in [5, 5.41) is 7.97. The molecular weight excluding hydrogens is 205 g/mol. The minimum Gasteiger partial charge on any atom is -0.351 e. The molecule has 0 spiro atoms. The Hall–Kier alpha value is -1.42. The first-order chi connectivity index (χ1) is 7.58. The molecular formula is C12H16FN3. The van der Waals surface area contributed by atoms with Crippen molar-refractivity contribution in [1.82, 2.24) is 9.80 Å². The van der Waals surface area contributed by atoms with Gasteiger partial charge in [-0.3, -0.25) is 5.41 Å². The molecule has 1 aromatic carbocycles. The van der Waals surface area contributed by atoms with Gasteiger partial charge in [0.2, 0.25) is 0 Å². The third kappa shape index (κ3) is 2.07. The Bertz CT molecular complexity index is 415. The molecule has 0 radical (unpaired) electrons. The zero-order valence-electron chi connectivity index (χ0n) is 9.63. The summed E-state index contributed by atoms with van der Waals surface area (Å²) in [6, 6.07) is 4.68. The molecule has 0 aliphatic carbocycles. The number of halogens is 1. The second kappa shape index (κ2) is 4.22. The molecule has 0 saturated carbocycles. The van der Waals surface area contributed by atoms with Crippen molar-refractivity contribution in [2.24, 2.45) is 0 Å². The molecule has 1 heterocycles. The molecule has 1 aliphatic heterocycles. The third-order valence-corrected chi connectivity index (χ3v) is 2.82. The number of rotatable bonds is 3. The molecule has 0 bridgehead atoms. The van der Waals surface area contributed by atoms with Gasteiger partial charge in [0.25, 0.3) is 0 Å². The lowest BCUT2D eigenvalue weighted by Gasteiger charge is -2.20. The van der Waals surface area contributed by atoms with Gasteiger partial charge in [-0.05, 0) is 31.8 Å². The van der Waals surface area contributed by atoms with Crippen molar-refractivity contribution in [1.29, 1.82) is 5.41 Å². The van der Waals surface area contributed by atoms with Crippen LogP contribution in [0.25, 0.3) is 0 Å². The summed E-state index contributed by atoms with van der Waals surface area (Å²) in [6.07, 6.45) is 0. The lowest BCUT2D eigenvalue weighted by Crippen LogP contribution is -2.31. The summed E-state index contributed by atoms with van der Waals surface area (Å²) in [5.41, 5.74) is 1.78. The fourth-order valence-electron chi connectivity index (χ4n) is 1.87. The average molecular weight is 221 g/mol. The van der Waals surface area contributed by atoms with Crippen LogP contribution in [0.5, 0.6) is 0 Å². The van der Waals surface area contributed by atoms with Crippen molar-refractivity contribution < 1.29 is 4.39 Å². The third-order valence-electron chi connectivity index (χ3n) is 2.82. The van der Waals surface area contributed by atoms with E-state index >= 15 is 0 Å². The quantitative estimate of drug-likeness (QED) is 0.839. The molecule has 1 N–H and O–H groups in total. The van der Waals surface area contributed by atoms with Gasteiger partial charge in [0, 0.05) is 25.2 Å². The Morgan fingerprint density at radius 1 is 1.44 bits per heavy atom. The van der Waals surface area contributed by atoms with E-state index in [-0.39, 0.29) is 5.82 Å². The van der Waals surface area contributed by atoms with Crippen LogP contribution < -0.4 is 0 Å². The minimum atomic E-state index is -0.266. The molecule has 0 unspecified atom stereocenters. The standard InChI is InChI=1S/C12H16FN3/c1-15(2)5-6-16-8-9-3-4-10(13)7-11(9)12(16)14/h3-4,7,14H,5-6,8H2,1-2H3. The summed E-state index contributed by atoms with van der Waals surface area (Å²) in [7, 11) is 4.01. The Kier molecular flexibility index (Phi) is 2.92. The smallest absolute Gasteiger partial charge is 0.128 e. The molecule has 1 aliphatic rings. The van der Waals surface area contributed by atoms with Gasteiger partial charge in [-0.15, -0.1) is 0 Å². The van der Waals surface area contributed by atoms with E-state index in [4.69, 9.17) is 5.41 Å². The van der Waals surface area contributed by atoms with E-state index in [1.165, 1.54) is 12.1 Å². The zero-order chi connectivity index (χ0) is 11.7. The molecule has 2 rings (SSSR count). The predicted molar refractivity (Wildman–Crippen MR) is 62.2 cm³/mol. The summed E-state index contributed by atoms with van der Waals surface area (Å²) in [5.74, 6) is 0.175. The monoisotopic (exact) mass is 221 g/mol. The predicted octanol–water partition coefficient (Wildman–Crippen LogP) is 1.53. The van der Waals surface area contributed by atoms with Crippen molar-refractivity contribution in [2.75, 3.05) is 27.2 Å². The second-order valence-corrected chi connectivity index (χ2v) is 4.37. The SMILES string of the molecule is CN(C)CCN1Cc2ccc(F)cc2C1=N. The Balaban J connectivity index is 2.12. The Morgan fingerprint density at radius 3 is 2.88 bits per heavy atom. The molecule has 0 amide bonds. The average Bonchev–Trinajstić information content (AvgIpc) is 2.53. The van der Waals surface area contributed by atoms with Crippen LogP contribution >= 0.6 is 0 Å². The Morgan fingerprint density at radius 2 is 2.19 bits per heavy atom. The van der Waals surface area contributed by atoms with Gasteiger partial charge in [0.1, 0.15) is 11.7 Å². The molecule has 0 saturated heterocycles. The van der Waals surface area contributed by atoms with E-state index < -0.39 is 0 Å². The number of nitrogens with one attached hydrogen (secondary N) is 1. The van der Waals surface area contributed by atoms with E-state index in [1.54, 1.807) is 6.07 Å². The van der Waals surface area contributed by atoms with Crippen molar-refractivity contribution in [3.8, 4) is 0 Å². The number of benzene rings is 1. The number of nitrogens with zero attached hydrogens (tertiary/aromatic N) is 2. The lowest BCUT2D eigenvalue weighted by atomic mass is 10.1. The van der Waals surface area contributed by atoms with Crippen LogP contribution in [0.15, 0.2) is 18.2 Å². The maximum Gasteiger partial charge on any atom is 0.128 e. The summed E-state index contributed by atoms with van der Waals surface area (Å²) < 4.78 is 13.1. The van der Waals surface area contributed by atoms with Crippen LogP contribution in [0, 0.1) is 11.2 Å². The van der Waals surface area contributed by atoms with Crippen molar-refractivity contribution in [3.05, 3.63) is 35.1 Å². The van der Waals surface area contributed by atoms with Gasteiger partial charge < -0.3 is 9.80 Å². The van der Waals surface area contributed by atoms with E-state index in [1.807, 2.05) is 19.0 Å². The fraction of sp³-hybridized carbons (Fsp3) is 0.417. The van der Waals surface area contributed by atoms with Crippen LogP contribution in [-0.2, 0) is 6.54 Å². The minimum absolute atomic E-state index is 0.266. The van der Waals surface area contributed by atoms with E-state index in [0.29, 0.717) is 5.84 Å². The zero-order valence-corrected chi connectivity index (χ0v) is 9.63. The number of hydrogen-bond acceptors (Lipinski definition) is 2. The van der Waals surface area contributed by atoms with Crippen molar-refractivity contribution >= 4 is 5.84 Å². The number of hydrogen-bond donors (Lipinski definition) is 1. The molecule has 0 atom stereocenters. The summed E-state index contributed by atoms with van der Waals surface area (Å²) in [4.78, 5) is 4.06. The first kappa shape index (κ1) is 11.1. The van der Waals surface area contributed by atoms with Gasteiger partial charge in [-0.2, -0.15) is 0 Å². The second-order valence-electron chi connectivity index (χ2n) is 4.37. The van der Waals surface area contributed by atoms with Crippen LogP contribution in [-0.4, -0.2) is 42.8 Å². The highest BCUT2D eigenvalue weighted by molar-refractivity contribution is 6.00. The first-order valence-corrected chi connectivity index (χ1v) is 5.35. The topological polar surface area (TPSA) is 30.3 Å².